The zero-order valence-electron chi connectivity index (χ0n) is 11.0. The van der Waals surface area contributed by atoms with E-state index in [1.165, 1.54) is 6.07 Å². The molecule has 0 spiro atoms. The van der Waals surface area contributed by atoms with E-state index < -0.39 is 5.97 Å². The molecule has 0 aromatic heterocycles. The Kier molecular flexibility index (Phi) is 4.10. The van der Waals surface area contributed by atoms with Crippen molar-refractivity contribution in [2.75, 3.05) is 12.3 Å². The maximum Gasteiger partial charge on any atom is 0.339 e. The predicted octanol–water partition coefficient (Wildman–Crippen LogP) is 3.16. The highest BCUT2D eigenvalue weighted by atomic mass is 16.5. The van der Waals surface area contributed by atoms with Crippen LogP contribution in [-0.4, -0.2) is 17.7 Å². The Hall–Kier alpha value is -2.69. The summed E-state index contributed by atoms with van der Waals surface area (Å²) < 4.78 is 11.1. The molecule has 0 radical (unpaired) electrons. The van der Waals surface area contributed by atoms with Gasteiger partial charge in [-0.15, -0.1) is 0 Å². The lowest BCUT2D eigenvalue weighted by Gasteiger charge is -2.14. The minimum Gasteiger partial charge on any atom is -0.490 e. The second-order valence-electron chi connectivity index (χ2n) is 4.01. The van der Waals surface area contributed by atoms with Gasteiger partial charge in [0.05, 0.1) is 12.3 Å². The number of carboxylic acids is 1. The van der Waals surface area contributed by atoms with Crippen molar-refractivity contribution in [3.05, 3.63) is 48.0 Å². The summed E-state index contributed by atoms with van der Waals surface area (Å²) in [6, 6.07) is 11.6. The molecule has 0 aliphatic heterocycles. The number of anilines is 1. The second kappa shape index (κ2) is 5.97. The van der Waals surface area contributed by atoms with Crippen LogP contribution < -0.4 is 15.2 Å². The highest BCUT2D eigenvalue weighted by Crippen LogP contribution is 2.36. The number of carboxylic acid groups (broad SMARTS) is 1. The molecular weight excluding hydrogens is 258 g/mol. The van der Waals surface area contributed by atoms with Gasteiger partial charge in [0.2, 0.25) is 0 Å². The minimum atomic E-state index is -1.10. The van der Waals surface area contributed by atoms with Crippen molar-refractivity contribution in [3.63, 3.8) is 0 Å². The molecule has 0 aliphatic carbocycles. The van der Waals surface area contributed by atoms with Crippen LogP contribution in [0, 0.1) is 0 Å². The number of nitrogen functional groups attached to an aromatic ring is 1. The fourth-order valence-electron chi connectivity index (χ4n) is 1.76. The molecule has 5 nitrogen and oxygen atoms in total. The predicted molar refractivity (Wildman–Crippen MR) is 75.5 cm³/mol. The molecule has 0 heterocycles. The average Bonchev–Trinajstić information content (AvgIpc) is 2.43. The van der Waals surface area contributed by atoms with Gasteiger partial charge in [0.15, 0.2) is 17.2 Å². The van der Waals surface area contributed by atoms with E-state index in [0.717, 1.165) is 0 Å². The summed E-state index contributed by atoms with van der Waals surface area (Å²) in [6.45, 7) is 2.34. The quantitative estimate of drug-likeness (QED) is 0.818. The lowest BCUT2D eigenvalue weighted by molar-refractivity contribution is 0.0694. The van der Waals surface area contributed by atoms with Crippen molar-refractivity contribution in [2.24, 2.45) is 0 Å². The summed E-state index contributed by atoms with van der Waals surface area (Å²) in [4.78, 5) is 11.2. The number of carbonyl (C=O) groups is 1. The molecule has 2 aromatic rings. The third-order valence-corrected chi connectivity index (χ3v) is 2.64. The number of nitrogens with two attached hydrogens (primary N) is 1. The van der Waals surface area contributed by atoms with Crippen LogP contribution in [-0.2, 0) is 0 Å². The summed E-state index contributed by atoms with van der Waals surface area (Å²) in [7, 11) is 0. The van der Waals surface area contributed by atoms with Crippen molar-refractivity contribution < 1.29 is 19.4 Å². The second-order valence-corrected chi connectivity index (χ2v) is 4.01. The molecule has 2 aromatic carbocycles. The number of rotatable bonds is 5. The van der Waals surface area contributed by atoms with E-state index in [0.29, 0.717) is 18.1 Å². The van der Waals surface area contributed by atoms with Crippen molar-refractivity contribution in [1.82, 2.24) is 0 Å². The minimum absolute atomic E-state index is 0.0105. The zero-order chi connectivity index (χ0) is 14.5. The monoisotopic (exact) mass is 273 g/mol. The standard InChI is InChI=1S/C15H15NO4/c1-2-19-12-8-3-4-9-13(12)20-14-10(15(17)18)6-5-7-11(14)16/h3-9H,2,16H2,1H3,(H,17,18). The lowest BCUT2D eigenvalue weighted by atomic mass is 10.1. The average molecular weight is 273 g/mol. The fraction of sp³-hybridized carbons (Fsp3) is 0.133. The Labute approximate surface area is 116 Å². The topological polar surface area (TPSA) is 81.8 Å². The van der Waals surface area contributed by atoms with Crippen LogP contribution >= 0.6 is 0 Å². The van der Waals surface area contributed by atoms with E-state index in [1.807, 2.05) is 13.0 Å². The summed E-state index contributed by atoms with van der Waals surface area (Å²) in [5.41, 5.74) is 6.07. The van der Waals surface area contributed by atoms with E-state index in [9.17, 15) is 9.90 Å². The van der Waals surface area contributed by atoms with E-state index in [1.54, 1.807) is 30.3 Å². The van der Waals surface area contributed by atoms with E-state index in [2.05, 4.69) is 0 Å². The van der Waals surface area contributed by atoms with E-state index in [-0.39, 0.29) is 17.0 Å². The highest BCUT2D eigenvalue weighted by Gasteiger charge is 2.16. The number of hydrogen-bond donors (Lipinski definition) is 2. The van der Waals surface area contributed by atoms with Crippen molar-refractivity contribution in [2.45, 2.75) is 6.92 Å². The van der Waals surface area contributed by atoms with Crippen LogP contribution in [0.1, 0.15) is 17.3 Å². The molecule has 0 unspecified atom stereocenters. The largest absolute Gasteiger partial charge is 0.490 e. The molecule has 3 N–H and O–H groups in total. The van der Waals surface area contributed by atoms with Crippen LogP contribution in [0.15, 0.2) is 42.5 Å². The number of aromatic carboxylic acids is 1. The van der Waals surface area contributed by atoms with Gasteiger partial charge < -0.3 is 20.3 Å². The van der Waals surface area contributed by atoms with Gasteiger partial charge in [-0.05, 0) is 31.2 Å². The number of benzene rings is 2. The maximum atomic E-state index is 11.2. The summed E-state index contributed by atoms with van der Waals surface area (Å²) in [6.07, 6.45) is 0. The molecule has 104 valence electrons. The van der Waals surface area contributed by atoms with Crippen molar-refractivity contribution in [3.8, 4) is 17.2 Å². The molecule has 5 heteroatoms. The van der Waals surface area contributed by atoms with Gasteiger partial charge in [0.25, 0.3) is 0 Å². The molecule has 0 atom stereocenters. The molecule has 0 fully saturated rings. The molecule has 20 heavy (non-hydrogen) atoms. The molecule has 0 aliphatic rings. The number of ether oxygens (including phenoxy) is 2. The smallest absolute Gasteiger partial charge is 0.339 e. The Morgan fingerprint density at radius 2 is 1.85 bits per heavy atom. The summed E-state index contributed by atoms with van der Waals surface area (Å²) in [5, 5.41) is 9.17. The van der Waals surface area contributed by atoms with Gasteiger partial charge >= 0.3 is 5.97 Å². The van der Waals surface area contributed by atoms with Gasteiger partial charge in [-0.25, -0.2) is 4.79 Å². The Balaban J connectivity index is 2.42. The van der Waals surface area contributed by atoms with E-state index >= 15 is 0 Å². The molecule has 0 saturated carbocycles. The Morgan fingerprint density at radius 1 is 1.15 bits per heavy atom. The first-order chi connectivity index (χ1) is 9.63. The Morgan fingerprint density at radius 3 is 2.50 bits per heavy atom. The first-order valence-corrected chi connectivity index (χ1v) is 6.15. The normalized spacial score (nSPS) is 10.1. The fourth-order valence-corrected chi connectivity index (χ4v) is 1.76. The third-order valence-electron chi connectivity index (χ3n) is 2.64. The maximum absolute atomic E-state index is 11.2. The van der Waals surface area contributed by atoms with Crippen LogP contribution in [0.3, 0.4) is 0 Å². The third kappa shape index (κ3) is 2.83. The number of hydrogen-bond acceptors (Lipinski definition) is 4. The van der Waals surface area contributed by atoms with Crippen LogP contribution in [0.2, 0.25) is 0 Å². The van der Waals surface area contributed by atoms with Gasteiger partial charge in [-0.1, -0.05) is 18.2 Å². The van der Waals surface area contributed by atoms with Gasteiger partial charge in [0, 0.05) is 0 Å². The lowest BCUT2D eigenvalue weighted by Crippen LogP contribution is -2.03. The van der Waals surface area contributed by atoms with Crippen LogP contribution in [0.25, 0.3) is 0 Å². The van der Waals surface area contributed by atoms with Crippen LogP contribution in [0.4, 0.5) is 5.69 Å². The molecule has 2 rings (SSSR count). The molecular formula is C15H15NO4. The summed E-state index contributed by atoms with van der Waals surface area (Å²) >= 11 is 0. The van der Waals surface area contributed by atoms with Gasteiger partial charge in [-0.2, -0.15) is 0 Å². The van der Waals surface area contributed by atoms with E-state index in [4.69, 9.17) is 15.2 Å². The van der Waals surface area contributed by atoms with Crippen molar-refractivity contribution >= 4 is 11.7 Å². The molecule has 0 amide bonds. The number of para-hydroxylation sites is 3. The summed E-state index contributed by atoms with van der Waals surface area (Å²) in [5.74, 6) is -0.0160. The van der Waals surface area contributed by atoms with Crippen molar-refractivity contribution in [1.29, 1.82) is 0 Å². The Bertz CT molecular complexity index is 625. The SMILES string of the molecule is CCOc1ccccc1Oc1c(N)cccc1C(=O)O. The highest BCUT2D eigenvalue weighted by molar-refractivity contribution is 5.93. The molecule has 0 bridgehead atoms. The zero-order valence-corrected chi connectivity index (χ0v) is 11.0. The first-order valence-electron chi connectivity index (χ1n) is 6.15. The van der Waals surface area contributed by atoms with Gasteiger partial charge in [0.1, 0.15) is 5.56 Å². The molecule has 0 saturated heterocycles. The van der Waals surface area contributed by atoms with Crippen LogP contribution in [0.5, 0.6) is 17.2 Å². The van der Waals surface area contributed by atoms with Gasteiger partial charge in [-0.3, -0.25) is 0 Å². The first kappa shape index (κ1) is 13.7.